The van der Waals surface area contributed by atoms with Crippen LogP contribution in [0.2, 0.25) is 0 Å². The highest BCUT2D eigenvalue weighted by molar-refractivity contribution is 5.66. The summed E-state index contributed by atoms with van der Waals surface area (Å²) in [7, 11) is 0. The second-order valence-corrected chi connectivity index (χ2v) is 10.6. The lowest BCUT2D eigenvalue weighted by Crippen LogP contribution is -2.25. The summed E-state index contributed by atoms with van der Waals surface area (Å²) in [4.78, 5) is 0. The minimum Gasteiger partial charge on any atom is -0.459 e. The van der Waals surface area contributed by atoms with Crippen molar-refractivity contribution in [2.24, 2.45) is 5.92 Å². The molecule has 45 heavy (non-hydrogen) atoms. The Labute approximate surface area is 250 Å². The van der Waals surface area contributed by atoms with Crippen LogP contribution >= 0.6 is 0 Å². The van der Waals surface area contributed by atoms with Gasteiger partial charge >= 0.3 is 12.3 Å². The summed E-state index contributed by atoms with van der Waals surface area (Å²) in [5.74, 6) is -12.2. The fourth-order valence-electron chi connectivity index (χ4n) is 5.32. The zero-order valence-electron chi connectivity index (χ0n) is 23.3. The quantitative estimate of drug-likeness (QED) is 0.124. The molecule has 0 radical (unpaired) electrons. The van der Waals surface area contributed by atoms with Crippen LogP contribution in [0.3, 0.4) is 0 Å². The summed E-state index contributed by atoms with van der Waals surface area (Å²) in [5, 5.41) is 0. The Morgan fingerprint density at radius 3 is 1.80 bits per heavy atom. The van der Waals surface area contributed by atoms with E-state index < -0.39 is 81.5 Å². The molecule has 0 N–H and O–H groups in total. The minimum absolute atomic E-state index is 0.0813. The van der Waals surface area contributed by atoms with Crippen molar-refractivity contribution in [2.45, 2.75) is 56.7 Å². The predicted octanol–water partition coefficient (Wildman–Crippen LogP) is 11.0. The molecule has 4 rings (SSSR count). The number of ether oxygens (including phenoxy) is 2. The Morgan fingerprint density at radius 1 is 0.733 bits per heavy atom. The van der Waals surface area contributed by atoms with Crippen molar-refractivity contribution in [3.8, 4) is 22.6 Å². The molecule has 242 valence electrons. The summed E-state index contributed by atoms with van der Waals surface area (Å²) >= 11 is 0. The van der Waals surface area contributed by atoms with E-state index in [-0.39, 0.29) is 36.4 Å². The van der Waals surface area contributed by atoms with Crippen LogP contribution in [-0.2, 0) is 6.11 Å². The first-order chi connectivity index (χ1) is 21.1. The third-order valence-electron chi connectivity index (χ3n) is 7.44. The van der Waals surface area contributed by atoms with Gasteiger partial charge in [-0.05, 0) is 85.8 Å². The fraction of sp³-hybridized carbons (Fsp3) is 0.312. The Bertz CT molecular complexity index is 1500. The van der Waals surface area contributed by atoms with E-state index in [0.29, 0.717) is 24.3 Å². The first-order valence-electron chi connectivity index (χ1n) is 13.7. The number of rotatable bonds is 10. The molecule has 0 aliphatic heterocycles. The molecular weight excluding hydrogens is 625 g/mol. The van der Waals surface area contributed by atoms with Gasteiger partial charge in [-0.3, -0.25) is 0 Å². The van der Waals surface area contributed by atoms with E-state index in [2.05, 4.69) is 16.1 Å². The smallest absolute Gasteiger partial charge is 0.432 e. The van der Waals surface area contributed by atoms with Crippen molar-refractivity contribution < 1.29 is 57.8 Å². The summed E-state index contributed by atoms with van der Waals surface area (Å²) in [6, 6.07) is 2.77. The Morgan fingerprint density at radius 2 is 1.29 bits per heavy atom. The lowest BCUT2D eigenvalue weighted by molar-refractivity contribution is -0.189. The van der Waals surface area contributed by atoms with E-state index in [1.54, 1.807) is 0 Å². The van der Waals surface area contributed by atoms with E-state index in [1.807, 2.05) is 6.08 Å². The van der Waals surface area contributed by atoms with Crippen LogP contribution in [0.25, 0.3) is 11.1 Å². The van der Waals surface area contributed by atoms with Gasteiger partial charge in [0, 0.05) is 12.1 Å². The number of hydrogen-bond acceptors (Lipinski definition) is 2. The highest BCUT2D eigenvalue weighted by atomic mass is 19.4. The number of hydrogen-bond donors (Lipinski definition) is 0. The maximum Gasteiger partial charge on any atom is 0.432 e. The van der Waals surface area contributed by atoms with Crippen molar-refractivity contribution >= 4 is 0 Å². The van der Waals surface area contributed by atoms with Gasteiger partial charge in [-0.25, -0.2) is 26.3 Å². The normalized spacial score (nSPS) is 17.5. The summed E-state index contributed by atoms with van der Waals surface area (Å²) in [6.07, 6.45) is -3.65. The molecule has 0 atom stereocenters. The number of allylic oxidation sites excluding steroid dienone is 2. The van der Waals surface area contributed by atoms with Crippen molar-refractivity contribution in [2.75, 3.05) is 0 Å². The molecule has 13 heteroatoms. The maximum absolute atomic E-state index is 15.1. The standard InChI is InChI=1S/C32H25F11O2/c1-2-3-4-17-5-7-18(8-6-17)19-11-22(33)28(23(34)12-19)20-13-24(35)29(25(36)14-20)32(42,43)45-21-15-26(37)30(27(38)16-21)44-10-9-31(39,40)41/h2,9-18H,1,3-8H2/b10-9+. The van der Waals surface area contributed by atoms with Gasteiger partial charge in [0.05, 0.1) is 17.9 Å². The van der Waals surface area contributed by atoms with Crippen molar-refractivity contribution in [3.63, 3.8) is 0 Å². The SMILES string of the molecule is C=CCCC1CCC(c2cc(F)c(-c3cc(F)c(C(F)(F)Oc4cc(F)c(O/C=C/C(F)(F)F)c(F)c4)c(F)c3)c(F)c2)CC1. The summed E-state index contributed by atoms with van der Waals surface area (Å²) in [5.41, 5.74) is -3.26. The Kier molecular flexibility index (Phi) is 10.2. The van der Waals surface area contributed by atoms with Crippen LogP contribution < -0.4 is 9.47 Å². The maximum atomic E-state index is 15.1. The van der Waals surface area contributed by atoms with Gasteiger partial charge in [0.15, 0.2) is 17.4 Å². The monoisotopic (exact) mass is 650 g/mol. The van der Waals surface area contributed by atoms with Crippen molar-refractivity contribution in [3.05, 3.63) is 107 Å². The third-order valence-corrected chi connectivity index (χ3v) is 7.44. The van der Waals surface area contributed by atoms with Crippen LogP contribution in [0.4, 0.5) is 48.3 Å². The Balaban J connectivity index is 1.55. The van der Waals surface area contributed by atoms with Gasteiger partial charge in [0.1, 0.15) is 34.6 Å². The van der Waals surface area contributed by atoms with E-state index in [0.717, 1.165) is 37.8 Å². The molecule has 2 nitrogen and oxygen atoms in total. The molecule has 1 aliphatic rings. The second-order valence-electron chi connectivity index (χ2n) is 10.6. The van der Waals surface area contributed by atoms with E-state index >= 15 is 8.78 Å². The zero-order chi connectivity index (χ0) is 33.1. The van der Waals surface area contributed by atoms with Gasteiger partial charge in [0.2, 0.25) is 0 Å². The van der Waals surface area contributed by atoms with E-state index in [4.69, 9.17) is 0 Å². The first kappa shape index (κ1) is 33.9. The third kappa shape index (κ3) is 8.17. The van der Waals surface area contributed by atoms with Gasteiger partial charge in [-0.2, -0.15) is 22.0 Å². The lowest BCUT2D eigenvalue weighted by Gasteiger charge is -2.29. The summed E-state index contributed by atoms with van der Waals surface area (Å²) in [6.45, 7) is 3.70. The molecule has 1 fully saturated rings. The van der Waals surface area contributed by atoms with Crippen LogP contribution in [0.15, 0.2) is 61.4 Å². The summed E-state index contributed by atoms with van der Waals surface area (Å²) < 4.78 is 163. The fourth-order valence-corrected chi connectivity index (χ4v) is 5.32. The van der Waals surface area contributed by atoms with Crippen LogP contribution in [0.5, 0.6) is 11.5 Å². The zero-order valence-corrected chi connectivity index (χ0v) is 23.3. The van der Waals surface area contributed by atoms with Gasteiger partial charge < -0.3 is 9.47 Å². The van der Waals surface area contributed by atoms with Crippen LogP contribution in [-0.4, -0.2) is 6.18 Å². The lowest BCUT2D eigenvalue weighted by atomic mass is 9.77. The molecule has 0 amide bonds. The highest BCUT2D eigenvalue weighted by Crippen LogP contribution is 2.42. The van der Waals surface area contributed by atoms with Crippen LogP contribution in [0, 0.1) is 40.8 Å². The molecule has 1 saturated carbocycles. The topological polar surface area (TPSA) is 18.5 Å². The van der Waals surface area contributed by atoms with Gasteiger partial charge in [0.25, 0.3) is 0 Å². The van der Waals surface area contributed by atoms with E-state index in [9.17, 15) is 39.5 Å². The van der Waals surface area contributed by atoms with Crippen molar-refractivity contribution in [1.29, 1.82) is 0 Å². The number of halogens is 11. The molecule has 0 unspecified atom stereocenters. The average molecular weight is 651 g/mol. The molecule has 1 aliphatic carbocycles. The van der Waals surface area contributed by atoms with E-state index in [1.165, 1.54) is 0 Å². The molecule has 3 aromatic rings. The molecule has 0 spiro atoms. The van der Waals surface area contributed by atoms with Crippen molar-refractivity contribution in [1.82, 2.24) is 0 Å². The second kappa shape index (κ2) is 13.5. The molecule has 0 bridgehead atoms. The molecule has 3 aromatic carbocycles. The minimum atomic E-state index is -4.92. The van der Waals surface area contributed by atoms with Gasteiger partial charge in [-0.1, -0.05) is 6.08 Å². The molecular formula is C32H25F11O2. The number of benzene rings is 3. The average Bonchev–Trinajstić information content (AvgIpc) is 2.92. The number of alkyl halides is 5. The Hall–Kier alpha value is -4.03. The molecule has 0 aromatic heterocycles. The first-order valence-corrected chi connectivity index (χ1v) is 13.7. The molecule has 0 saturated heterocycles. The predicted molar refractivity (Wildman–Crippen MR) is 143 cm³/mol. The largest absolute Gasteiger partial charge is 0.459 e. The van der Waals surface area contributed by atoms with Gasteiger partial charge in [-0.15, -0.1) is 6.58 Å². The molecule has 0 heterocycles. The van der Waals surface area contributed by atoms with Crippen LogP contribution in [0.1, 0.15) is 55.6 Å². The highest BCUT2D eigenvalue weighted by Gasteiger charge is 2.42.